The molecule has 0 amide bonds. The minimum atomic E-state index is -0.998. The number of epoxide rings is 1. The number of hydrogen-bond donors (Lipinski definition) is 2. The molecule has 160 valence electrons. The molecule has 0 saturated carbocycles. The lowest BCUT2D eigenvalue weighted by Gasteiger charge is -2.49. The van der Waals surface area contributed by atoms with Crippen molar-refractivity contribution in [2.24, 2.45) is 0 Å². The minimum absolute atomic E-state index is 0.185. The van der Waals surface area contributed by atoms with Crippen molar-refractivity contribution in [2.75, 3.05) is 19.8 Å². The molecule has 3 aliphatic heterocycles. The molecule has 2 aromatic rings. The van der Waals surface area contributed by atoms with Crippen LogP contribution in [0, 0.1) is 0 Å². The maximum atomic E-state index is 10.7. The largest absolute Gasteiger partial charge is 0.491 e. The van der Waals surface area contributed by atoms with Crippen LogP contribution >= 0.6 is 0 Å². The second-order valence-corrected chi connectivity index (χ2v) is 7.52. The average Bonchev–Trinajstić information content (AvgIpc) is 3.60. The van der Waals surface area contributed by atoms with Crippen LogP contribution in [0.3, 0.4) is 0 Å². The molecular formula is C22H24O8. The second-order valence-electron chi connectivity index (χ2n) is 7.52. The van der Waals surface area contributed by atoms with Crippen LogP contribution in [0.25, 0.3) is 0 Å². The van der Waals surface area contributed by atoms with Crippen molar-refractivity contribution in [3.63, 3.8) is 0 Å². The van der Waals surface area contributed by atoms with E-state index in [-0.39, 0.29) is 12.7 Å². The number of hydrogen-bond acceptors (Lipinski definition) is 8. The molecule has 7 atom stereocenters. The van der Waals surface area contributed by atoms with E-state index in [9.17, 15) is 10.2 Å². The molecule has 2 aromatic carbocycles. The lowest BCUT2D eigenvalue weighted by Crippen LogP contribution is -2.65. The van der Waals surface area contributed by atoms with Crippen LogP contribution < -0.4 is 9.47 Å². The van der Waals surface area contributed by atoms with E-state index in [2.05, 4.69) is 0 Å². The van der Waals surface area contributed by atoms with Crippen molar-refractivity contribution < 1.29 is 38.6 Å². The average molecular weight is 416 g/mol. The van der Waals surface area contributed by atoms with Crippen LogP contribution in [0.4, 0.5) is 0 Å². The summed E-state index contributed by atoms with van der Waals surface area (Å²) in [4.78, 5) is 0. The highest BCUT2D eigenvalue weighted by Gasteiger charge is 2.53. The van der Waals surface area contributed by atoms with Crippen molar-refractivity contribution >= 4 is 0 Å². The second kappa shape index (κ2) is 8.50. The summed E-state index contributed by atoms with van der Waals surface area (Å²) in [7, 11) is 0. The molecule has 0 aromatic heterocycles. The summed E-state index contributed by atoms with van der Waals surface area (Å²) in [6.07, 6.45) is -4.65. The summed E-state index contributed by atoms with van der Waals surface area (Å²) in [6.45, 7) is 0.949. The fourth-order valence-corrected chi connectivity index (χ4v) is 3.64. The quantitative estimate of drug-likeness (QED) is 0.654. The topological polar surface area (TPSA) is 99.1 Å². The monoisotopic (exact) mass is 416 g/mol. The van der Waals surface area contributed by atoms with Crippen molar-refractivity contribution in [1.29, 1.82) is 0 Å². The SMILES string of the molecule is OC[C@H]1O[C@@H](Oc2ccc(OCC3CO3)cc2)[C@@H]2OC(c3ccccc3)O[C@H]1[C@@H]2O. The third-order valence-electron chi connectivity index (χ3n) is 5.34. The maximum Gasteiger partial charge on any atom is 0.229 e. The van der Waals surface area contributed by atoms with Gasteiger partial charge in [-0.2, -0.15) is 0 Å². The van der Waals surface area contributed by atoms with Crippen molar-refractivity contribution in [3.05, 3.63) is 60.2 Å². The van der Waals surface area contributed by atoms with E-state index in [1.165, 1.54) is 0 Å². The number of aliphatic hydroxyl groups is 2. The van der Waals surface area contributed by atoms with E-state index in [1.807, 2.05) is 30.3 Å². The molecule has 0 aliphatic carbocycles. The fourth-order valence-electron chi connectivity index (χ4n) is 3.64. The predicted octanol–water partition coefficient (Wildman–Crippen LogP) is 1.40. The van der Waals surface area contributed by atoms with Crippen molar-refractivity contribution in [3.8, 4) is 11.5 Å². The van der Waals surface area contributed by atoms with Gasteiger partial charge in [-0.15, -0.1) is 0 Å². The van der Waals surface area contributed by atoms with E-state index in [0.29, 0.717) is 18.1 Å². The zero-order valence-electron chi connectivity index (χ0n) is 16.2. The Morgan fingerprint density at radius 1 is 0.900 bits per heavy atom. The Hall–Kier alpha value is -2.20. The molecule has 3 fully saturated rings. The Morgan fingerprint density at radius 3 is 2.30 bits per heavy atom. The summed E-state index contributed by atoms with van der Waals surface area (Å²) < 4.78 is 34.4. The van der Waals surface area contributed by atoms with Gasteiger partial charge < -0.3 is 38.6 Å². The molecule has 3 aliphatic rings. The first-order valence-electron chi connectivity index (χ1n) is 10.0. The lowest BCUT2D eigenvalue weighted by atomic mass is 9.97. The fraction of sp³-hybridized carbons (Fsp3) is 0.455. The first-order valence-corrected chi connectivity index (χ1v) is 10.0. The molecule has 8 nitrogen and oxygen atoms in total. The predicted molar refractivity (Wildman–Crippen MR) is 103 cm³/mol. The number of aliphatic hydroxyl groups excluding tert-OH is 2. The Balaban J connectivity index is 1.30. The number of ether oxygens (including phenoxy) is 6. The summed E-state index contributed by atoms with van der Waals surface area (Å²) >= 11 is 0. The Bertz CT molecular complexity index is 823. The van der Waals surface area contributed by atoms with Gasteiger partial charge in [0.05, 0.1) is 13.2 Å². The third kappa shape index (κ3) is 4.15. The van der Waals surface area contributed by atoms with E-state index < -0.39 is 37.0 Å². The van der Waals surface area contributed by atoms with Crippen LogP contribution in [0.15, 0.2) is 54.6 Å². The first-order chi connectivity index (χ1) is 14.7. The van der Waals surface area contributed by atoms with E-state index in [4.69, 9.17) is 28.4 Å². The molecule has 8 heteroatoms. The molecule has 5 rings (SSSR count). The van der Waals surface area contributed by atoms with Crippen LogP contribution in [-0.4, -0.2) is 66.8 Å². The zero-order valence-corrected chi connectivity index (χ0v) is 16.2. The Labute approximate surface area is 173 Å². The van der Waals surface area contributed by atoms with Gasteiger partial charge in [-0.3, -0.25) is 0 Å². The highest BCUT2D eigenvalue weighted by atomic mass is 16.8. The number of benzene rings is 2. The maximum absolute atomic E-state index is 10.7. The van der Waals surface area contributed by atoms with Gasteiger partial charge in [0.25, 0.3) is 0 Å². The van der Waals surface area contributed by atoms with Gasteiger partial charge in [-0.1, -0.05) is 30.3 Å². The van der Waals surface area contributed by atoms with Crippen LogP contribution in [-0.2, 0) is 18.9 Å². The van der Waals surface area contributed by atoms with Gasteiger partial charge >= 0.3 is 0 Å². The highest BCUT2D eigenvalue weighted by molar-refractivity contribution is 5.31. The molecule has 3 heterocycles. The van der Waals surface area contributed by atoms with Gasteiger partial charge in [-0.05, 0) is 24.3 Å². The van der Waals surface area contributed by atoms with Gasteiger partial charge in [-0.25, -0.2) is 0 Å². The molecule has 2 unspecified atom stereocenters. The molecule has 30 heavy (non-hydrogen) atoms. The van der Waals surface area contributed by atoms with Gasteiger partial charge in [0, 0.05) is 5.56 Å². The summed E-state index contributed by atoms with van der Waals surface area (Å²) in [5, 5.41) is 20.5. The Morgan fingerprint density at radius 2 is 1.60 bits per heavy atom. The minimum Gasteiger partial charge on any atom is -0.491 e. The number of rotatable bonds is 7. The van der Waals surface area contributed by atoms with E-state index in [1.54, 1.807) is 24.3 Å². The summed E-state index contributed by atoms with van der Waals surface area (Å²) in [5.41, 5.74) is 0.817. The summed E-state index contributed by atoms with van der Waals surface area (Å²) in [6, 6.07) is 16.5. The van der Waals surface area contributed by atoms with E-state index >= 15 is 0 Å². The van der Waals surface area contributed by atoms with Crippen molar-refractivity contribution in [1.82, 2.24) is 0 Å². The smallest absolute Gasteiger partial charge is 0.229 e. The standard InChI is InChI=1S/C22H24O8/c23-10-17-19-18(24)20(30-21(29-19)13-4-2-1-3-5-13)22(28-17)27-15-8-6-14(7-9-15)25-11-16-12-26-16/h1-9,16-24H,10-12H2/t16?,17-,18+,19-,20-,21?,22-/m1/s1. The molecule has 2 bridgehead atoms. The zero-order chi connectivity index (χ0) is 20.5. The lowest BCUT2D eigenvalue weighted by molar-refractivity contribution is -0.386. The molecule has 0 radical (unpaired) electrons. The summed E-state index contributed by atoms with van der Waals surface area (Å²) in [5.74, 6) is 1.24. The van der Waals surface area contributed by atoms with Crippen LogP contribution in [0.1, 0.15) is 11.9 Å². The van der Waals surface area contributed by atoms with Crippen LogP contribution in [0.2, 0.25) is 0 Å². The third-order valence-corrected chi connectivity index (χ3v) is 5.34. The van der Waals surface area contributed by atoms with Gasteiger partial charge in [0.2, 0.25) is 6.29 Å². The Kier molecular flexibility index (Phi) is 5.60. The normalized spacial score (nSPS) is 34.9. The molecule has 3 saturated heterocycles. The molecule has 0 spiro atoms. The van der Waals surface area contributed by atoms with Gasteiger partial charge in [0.1, 0.15) is 42.5 Å². The molecular weight excluding hydrogens is 392 g/mol. The number of fused-ring (bicyclic) bond motifs is 2. The van der Waals surface area contributed by atoms with E-state index in [0.717, 1.165) is 12.2 Å². The highest BCUT2D eigenvalue weighted by Crippen LogP contribution is 2.38. The van der Waals surface area contributed by atoms with Gasteiger partial charge in [0.15, 0.2) is 12.4 Å². The van der Waals surface area contributed by atoms with Crippen molar-refractivity contribution in [2.45, 2.75) is 43.1 Å². The first kappa shape index (κ1) is 19.7. The molecule has 2 N–H and O–H groups in total. The van der Waals surface area contributed by atoms with Crippen LogP contribution in [0.5, 0.6) is 11.5 Å².